The van der Waals surface area contributed by atoms with E-state index in [0.29, 0.717) is 13.0 Å². The first-order chi connectivity index (χ1) is 10.9. The second kappa shape index (κ2) is 7.73. The number of nitro groups is 1. The standard InChI is InChI=1S/C15H26N2O5SSi/c1-15(2,3)24(4,5)22-12-8-11-16-23(20,21)14-10-7-6-9-13(14)17(18)19/h6-7,9-10,16H,8,11-12H2,1-5H3. The maximum atomic E-state index is 12.2. The van der Waals surface area contributed by atoms with Gasteiger partial charge in [-0.05, 0) is 30.6 Å². The molecule has 1 N–H and O–H groups in total. The molecule has 0 aliphatic rings. The molecular weight excluding hydrogens is 348 g/mol. The minimum atomic E-state index is -3.92. The second-order valence-electron chi connectivity index (χ2n) is 7.08. The topological polar surface area (TPSA) is 98.5 Å². The molecule has 0 bridgehead atoms. The van der Waals surface area contributed by atoms with Crippen molar-refractivity contribution in [3.05, 3.63) is 34.4 Å². The molecule has 0 atom stereocenters. The fourth-order valence-electron chi connectivity index (χ4n) is 1.74. The monoisotopic (exact) mass is 374 g/mol. The van der Waals surface area contributed by atoms with E-state index in [4.69, 9.17) is 4.43 Å². The van der Waals surface area contributed by atoms with E-state index < -0.39 is 29.0 Å². The van der Waals surface area contributed by atoms with Crippen LogP contribution in [0, 0.1) is 10.1 Å². The van der Waals surface area contributed by atoms with Crippen molar-refractivity contribution in [3.8, 4) is 0 Å². The van der Waals surface area contributed by atoms with Crippen LogP contribution in [-0.2, 0) is 14.4 Å². The molecule has 0 saturated carbocycles. The lowest BCUT2D eigenvalue weighted by atomic mass is 10.2. The molecule has 0 fully saturated rings. The molecule has 0 aliphatic heterocycles. The van der Waals surface area contributed by atoms with Gasteiger partial charge in [0.25, 0.3) is 5.69 Å². The van der Waals surface area contributed by atoms with Gasteiger partial charge in [-0.1, -0.05) is 32.9 Å². The summed E-state index contributed by atoms with van der Waals surface area (Å²) < 4.78 is 32.8. The number of hydrogen-bond donors (Lipinski definition) is 1. The zero-order valence-electron chi connectivity index (χ0n) is 14.8. The number of hydrogen-bond acceptors (Lipinski definition) is 5. The van der Waals surface area contributed by atoms with Gasteiger partial charge < -0.3 is 4.43 Å². The Bertz CT molecular complexity index is 683. The molecule has 9 heteroatoms. The van der Waals surface area contributed by atoms with Crippen molar-refractivity contribution >= 4 is 24.0 Å². The number of nitro benzene ring substituents is 1. The number of para-hydroxylation sites is 1. The van der Waals surface area contributed by atoms with Gasteiger partial charge in [-0.15, -0.1) is 0 Å². The fourth-order valence-corrected chi connectivity index (χ4v) is 4.07. The summed E-state index contributed by atoms with van der Waals surface area (Å²) in [5.74, 6) is 0. The van der Waals surface area contributed by atoms with Crippen LogP contribution in [0.4, 0.5) is 5.69 Å². The summed E-state index contributed by atoms with van der Waals surface area (Å²) in [5.41, 5.74) is -0.428. The highest BCUT2D eigenvalue weighted by Gasteiger charge is 2.36. The maximum Gasteiger partial charge on any atom is 0.289 e. The quantitative estimate of drug-likeness (QED) is 0.326. The van der Waals surface area contributed by atoms with Crippen LogP contribution in [0.3, 0.4) is 0 Å². The third-order valence-electron chi connectivity index (χ3n) is 4.23. The lowest BCUT2D eigenvalue weighted by molar-refractivity contribution is -0.387. The van der Waals surface area contributed by atoms with Crippen molar-refractivity contribution < 1.29 is 17.8 Å². The highest BCUT2D eigenvalue weighted by atomic mass is 32.2. The van der Waals surface area contributed by atoms with Crippen molar-refractivity contribution in [2.75, 3.05) is 13.2 Å². The Kier molecular flexibility index (Phi) is 6.68. The normalized spacial score (nSPS) is 13.0. The van der Waals surface area contributed by atoms with E-state index in [2.05, 4.69) is 38.6 Å². The van der Waals surface area contributed by atoms with Crippen molar-refractivity contribution in [1.82, 2.24) is 4.72 Å². The molecule has 0 amide bonds. The largest absolute Gasteiger partial charge is 0.417 e. The van der Waals surface area contributed by atoms with E-state index in [1.54, 1.807) is 0 Å². The van der Waals surface area contributed by atoms with Crippen molar-refractivity contribution in [3.63, 3.8) is 0 Å². The van der Waals surface area contributed by atoms with Gasteiger partial charge in [0.05, 0.1) is 4.92 Å². The van der Waals surface area contributed by atoms with Crippen LogP contribution in [0.5, 0.6) is 0 Å². The molecule has 7 nitrogen and oxygen atoms in total. The van der Waals surface area contributed by atoms with Crippen molar-refractivity contribution in [2.45, 2.75) is 50.2 Å². The molecule has 0 spiro atoms. The Balaban J connectivity index is 2.61. The average Bonchev–Trinajstić information content (AvgIpc) is 2.45. The van der Waals surface area contributed by atoms with Gasteiger partial charge in [0, 0.05) is 19.2 Å². The molecule has 0 aromatic heterocycles. The van der Waals surface area contributed by atoms with E-state index in [0.717, 1.165) is 0 Å². The molecule has 0 unspecified atom stereocenters. The number of sulfonamides is 1. The molecule has 1 aromatic carbocycles. The molecule has 136 valence electrons. The zero-order chi connectivity index (χ0) is 18.6. The molecular formula is C15H26N2O5SSi. The first-order valence-electron chi connectivity index (χ1n) is 7.75. The molecule has 0 radical (unpaired) electrons. The Labute approximate surface area is 144 Å². The van der Waals surface area contributed by atoms with E-state index in [1.807, 2.05) is 0 Å². The van der Waals surface area contributed by atoms with Crippen LogP contribution in [0.1, 0.15) is 27.2 Å². The molecule has 0 aliphatic carbocycles. The SMILES string of the molecule is CC(C)(C)[Si](C)(C)OCCCNS(=O)(=O)c1ccccc1[N+](=O)[O-]. The Morgan fingerprint density at radius 2 is 1.83 bits per heavy atom. The van der Waals surface area contributed by atoms with Crippen molar-refractivity contribution in [2.24, 2.45) is 0 Å². The predicted octanol–water partition coefficient (Wildman–Crippen LogP) is 3.29. The Morgan fingerprint density at radius 3 is 2.38 bits per heavy atom. The van der Waals surface area contributed by atoms with E-state index in [9.17, 15) is 18.5 Å². The van der Waals surface area contributed by atoms with Crippen LogP contribution >= 0.6 is 0 Å². The van der Waals surface area contributed by atoms with Crippen LogP contribution < -0.4 is 4.72 Å². The Morgan fingerprint density at radius 1 is 1.25 bits per heavy atom. The first kappa shape index (κ1) is 20.8. The molecule has 0 saturated heterocycles. The Hall–Kier alpha value is -1.29. The molecule has 1 rings (SSSR count). The van der Waals surface area contributed by atoms with Crippen LogP contribution in [-0.4, -0.2) is 34.8 Å². The summed E-state index contributed by atoms with van der Waals surface area (Å²) in [5, 5.41) is 11.0. The average molecular weight is 375 g/mol. The molecule has 0 heterocycles. The van der Waals surface area contributed by atoms with Gasteiger partial charge >= 0.3 is 0 Å². The van der Waals surface area contributed by atoms with Gasteiger partial charge in [-0.25, -0.2) is 13.1 Å². The minimum absolute atomic E-state index is 0.0944. The summed E-state index contributed by atoms with van der Waals surface area (Å²) in [6, 6.07) is 5.30. The van der Waals surface area contributed by atoms with Gasteiger partial charge in [0.1, 0.15) is 0 Å². The van der Waals surface area contributed by atoms with Crippen molar-refractivity contribution in [1.29, 1.82) is 0 Å². The second-order valence-corrected chi connectivity index (χ2v) is 13.6. The van der Waals surface area contributed by atoms with Crippen LogP contribution in [0.25, 0.3) is 0 Å². The van der Waals surface area contributed by atoms with E-state index in [-0.39, 0.29) is 16.5 Å². The predicted molar refractivity (Wildman–Crippen MR) is 96.1 cm³/mol. The minimum Gasteiger partial charge on any atom is -0.417 e. The summed E-state index contributed by atoms with van der Waals surface area (Å²) in [6.07, 6.45) is 0.506. The van der Waals surface area contributed by atoms with Gasteiger partial charge in [-0.2, -0.15) is 0 Å². The number of nitrogens with one attached hydrogen (secondary N) is 1. The smallest absolute Gasteiger partial charge is 0.289 e. The van der Waals surface area contributed by atoms with Gasteiger partial charge in [0.2, 0.25) is 10.0 Å². The molecule has 1 aromatic rings. The third kappa shape index (κ3) is 5.37. The van der Waals surface area contributed by atoms with E-state index in [1.165, 1.54) is 24.3 Å². The number of rotatable bonds is 8. The lowest BCUT2D eigenvalue weighted by Crippen LogP contribution is -2.41. The molecule has 24 heavy (non-hydrogen) atoms. The number of benzene rings is 1. The van der Waals surface area contributed by atoms with Crippen LogP contribution in [0.2, 0.25) is 18.1 Å². The maximum absolute atomic E-state index is 12.2. The lowest BCUT2D eigenvalue weighted by Gasteiger charge is -2.36. The zero-order valence-corrected chi connectivity index (χ0v) is 16.6. The van der Waals surface area contributed by atoms with Gasteiger partial charge in [-0.3, -0.25) is 10.1 Å². The van der Waals surface area contributed by atoms with Crippen LogP contribution in [0.15, 0.2) is 29.2 Å². The number of nitrogens with zero attached hydrogens (tertiary/aromatic N) is 1. The third-order valence-corrected chi connectivity index (χ3v) is 10.3. The summed E-state index contributed by atoms with van der Waals surface area (Å²) in [4.78, 5) is 9.93. The van der Waals surface area contributed by atoms with Gasteiger partial charge in [0.15, 0.2) is 13.2 Å². The summed E-state index contributed by atoms with van der Waals surface area (Å²) in [7, 11) is -5.77. The summed E-state index contributed by atoms with van der Waals surface area (Å²) in [6.45, 7) is 11.3. The van der Waals surface area contributed by atoms with E-state index >= 15 is 0 Å². The first-order valence-corrected chi connectivity index (χ1v) is 12.1. The summed E-state index contributed by atoms with van der Waals surface area (Å²) >= 11 is 0. The fraction of sp³-hybridized carbons (Fsp3) is 0.600. The highest BCUT2D eigenvalue weighted by molar-refractivity contribution is 7.89. The highest BCUT2D eigenvalue weighted by Crippen LogP contribution is 2.36.